The minimum Gasteiger partial charge on any atom is -0.449 e. The smallest absolute Gasteiger partial charge is 0.410 e. The Hall–Kier alpha value is -1.64. The van der Waals surface area contributed by atoms with Crippen LogP contribution in [0.1, 0.15) is 56.1 Å². The fraction of sp³-hybridized carbons (Fsp3) is 0.682. The molecule has 0 radical (unpaired) electrons. The molecule has 1 saturated carbocycles. The van der Waals surface area contributed by atoms with Gasteiger partial charge in [0.25, 0.3) is 0 Å². The first-order valence-electron chi connectivity index (χ1n) is 10.9. The number of carbonyl (C=O) groups is 1. The molecule has 8 heteroatoms. The van der Waals surface area contributed by atoms with Crippen LogP contribution in [0.2, 0.25) is 0 Å². The molecule has 1 aromatic carbocycles. The number of sulfonamides is 1. The zero-order valence-corrected chi connectivity index (χ0v) is 18.6. The van der Waals surface area contributed by atoms with E-state index in [0.717, 1.165) is 31.9 Å². The summed E-state index contributed by atoms with van der Waals surface area (Å²) in [4.78, 5) is 14.6. The number of ether oxygens (including phenoxy) is 2. The van der Waals surface area contributed by atoms with Crippen LogP contribution < -0.4 is 4.72 Å². The summed E-state index contributed by atoms with van der Waals surface area (Å²) >= 11 is 0. The topological polar surface area (TPSA) is 84.9 Å². The maximum Gasteiger partial charge on any atom is 0.410 e. The van der Waals surface area contributed by atoms with Crippen LogP contribution in [0.3, 0.4) is 0 Å². The van der Waals surface area contributed by atoms with Gasteiger partial charge in [-0.3, -0.25) is 4.90 Å². The lowest BCUT2D eigenvalue weighted by Gasteiger charge is -2.34. The SMILES string of the molecule is C[C@@H]1C[C@H](NS(C)(=O)=O)[C@@H]2COC3CCC(CC3)c3ccccc3CCOC(=O)N12. The Morgan fingerprint density at radius 3 is 2.60 bits per heavy atom. The maximum absolute atomic E-state index is 12.9. The summed E-state index contributed by atoms with van der Waals surface area (Å²) in [5.74, 6) is 0.516. The first kappa shape index (κ1) is 21.6. The lowest BCUT2D eigenvalue weighted by Crippen LogP contribution is -2.50. The van der Waals surface area contributed by atoms with E-state index in [1.54, 1.807) is 4.90 Å². The normalized spacial score (nSPS) is 32.8. The van der Waals surface area contributed by atoms with E-state index in [2.05, 4.69) is 22.9 Å². The quantitative estimate of drug-likeness (QED) is 0.771. The largest absolute Gasteiger partial charge is 0.449 e. The van der Waals surface area contributed by atoms with Crippen molar-refractivity contribution in [1.29, 1.82) is 0 Å². The Morgan fingerprint density at radius 2 is 1.87 bits per heavy atom. The average molecular weight is 437 g/mol. The van der Waals surface area contributed by atoms with Gasteiger partial charge in [0, 0.05) is 18.5 Å². The van der Waals surface area contributed by atoms with Gasteiger partial charge < -0.3 is 9.47 Å². The molecule has 166 valence electrons. The van der Waals surface area contributed by atoms with Gasteiger partial charge in [0.05, 0.1) is 31.6 Å². The number of carbonyl (C=O) groups excluding carboxylic acids is 1. The molecule has 4 aliphatic rings. The molecule has 1 amide bonds. The van der Waals surface area contributed by atoms with E-state index in [9.17, 15) is 13.2 Å². The fourth-order valence-electron chi connectivity index (χ4n) is 5.33. The highest BCUT2D eigenvalue weighted by molar-refractivity contribution is 7.88. The highest BCUT2D eigenvalue weighted by atomic mass is 32.2. The molecule has 0 aromatic heterocycles. The van der Waals surface area contributed by atoms with Crippen LogP contribution >= 0.6 is 0 Å². The molecule has 0 unspecified atom stereocenters. The summed E-state index contributed by atoms with van der Waals surface area (Å²) in [6, 6.07) is 7.60. The van der Waals surface area contributed by atoms with Gasteiger partial charge in [-0.2, -0.15) is 0 Å². The molecule has 2 fully saturated rings. The van der Waals surface area contributed by atoms with E-state index < -0.39 is 16.1 Å². The van der Waals surface area contributed by atoms with Crippen molar-refractivity contribution in [1.82, 2.24) is 9.62 Å². The average Bonchev–Trinajstić information content (AvgIpc) is 3.00. The van der Waals surface area contributed by atoms with E-state index in [1.165, 1.54) is 11.1 Å². The number of nitrogens with one attached hydrogen (secondary N) is 1. The third-order valence-corrected chi connectivity index (χ3v) is 7.47. The van der Waals surface area contributed by atoms with Crippen LogP contribution in [0, 0.1) is 0 Å². The number of benzene rings is 1. The van der Waals surface area contributed by atoms with Crippen molar-refractivity contribution >= 4 is 16.1 Å². The molecule has 2 bridgehead atoms. The number of rotatable bonds is 2. The second-order valence-electron chi connectivity index (χ2n) is 8.93. The van der Waals surface area contributed by atoms with Crippen LogP contribution in [-0.2, 0) is 25.9 Å². The Bertz CT molecular complexity index is 866. The molecule has 30 heavy (non-hydrogen) atoms. The van der Waals surface area contributed by atoms with Crippen molar-refractivity contribution in [3.63, 3.8) is 0 Å². The molecule has 3 heterocycles. The molecule has 1 N–H and O–H groups in total. The van der Waals surface area contributed by atoms with E-state index in [1.807, 2.05) is 13.0 Å². The van der Waals surface area contributed by atoms with Gasteiger partial charge in [0.1, 0.15) is 0 Å². The highest BCUT2D eigenvalue weighted by Crippen LogP contribution is 2.36. The minimum absolute atomic E-state index is 0.124. The first-order chi connectivity index (χ1) is 14.3. The van der Waals surface area contributed by atoms with Crippen molar-refractivity contribution in [3.05, 3.63) is 35.4 Å². The van der Waals surface area contributed by atoms with Crippen molar-refractivity contribution in [2.45, 2.75) is 75.6 Å². The lowest BCUT2D eigenvalue weighted by atomic mass is 9.80. The van der Waals surface area contributed by atoms with Crippen molar-refractivity contribution in [2.24, 2.45) is 0 Å². The Labute approximate surface area is 179 Å². The first-order valence-corrected chi connectivity index (χ1v) is 12.8. The zero-order valence-electron chi connectivity index (χ0n) is 17.7. The maximum atomic E-state index is 12.9. The molecule has 1 aromatic rings. The lowest BCUT2D eigenvalue weighted by molar-refractivity contribution is -0.0109. The van der Waals surface area contributed by atoms with Crippen LogP contribution in [-0.4, -0.2) is 63.1 Å². The second kappa shape index (κ2) is 8.85. The van der Waals surface area contributed by atoms with Crippen molar-refractivity contribution < 1.29 is 22.7 Å². The summed E-state index contributed by atoms with van der Waals surface area (Å²) in [7, 11) is -3.39. The zero-order chi connectivity index (χ0) is 21.3. The number of hydrogen-bond donors (Lipinski definition) is 1. The van der Waals surface area contributed by atoms with Gasteiger partial charge in [-0.15, -0.1) is 0 Å². The molecule has 3 atom stereocenters. The Balaban J connectivity index is 1.58. The van der Waals surface area contributed by atoms with E-state index >= 15 is 0 Å². The van der Waals surface area contributed by atoms with Crippen molar-refractivity contribution in [2.75, 3.05) is 19.5 Å². The van der Waals surface area contributed by atoms with Gasteiger partial charge in [0.15, 0.2) is 0 Å². The number of hydrogen-bond acceptors (Lipinski definition) is 5. The predicted molar refractivity (Wildman–Crippen MR) is 114 cm³/mol. The molecule has 0 spiro atoms. The summed E-state index contributed by atoms with van der Waals surface area (Å²) < 4.78 is 38.3. The minimum atomic E-state index is -3.39. The molecule has 3 aliphatic heterocycles. The predicted octanol–water partition coefficient (Wildman–Crippen LogP) is 2.80. The molecular formula is C22H32N2O5S. The van der Waals surface area contributed by atoms with Crippen molar-refractivity contribution in [3.8, 4) is 0 Å². The van der Waals surface area contributed by atoms with Crippen LogP contribution in [0.25, 0.3) is 0 Å². The third-order valence-electron chi connectivity index (χ3n) is 6.74. The summed E-state index contributed by atoms with van der Waals surface area (Å²) in [5, 5.41) is 0. The molecule has 7 nitrogen and oxygen atoms in total. The summed E-state index contributed by atoms with van der Waals surface area (Å²) in [5.41, 5.74) is 2.61. The second-order valence-corrected chi connectivity index (χ2v) is 10.7. The van der Waals surface area contributed by atoms with Crippen LogP contribution in [0.4, 0.5) is 4.79 Å². The Morgan fingerprint density at radius 1 is 1.13 bits per heavy atom. The number of fused-ring (bicyclic) bond motifs is 6. The fourth-order valence-corrected chi connectivity index (χ4v) is 6.13. The van der Waals surface area contributed by atoms with Crippen LogP contribution in [0.5, 0.6) is 0 Å². The van der Waals surface area contributed by atoms with Gasteiger partial charge >= 0.3 is 6.09 Å². The van der Waals surface area contributed by atoms with Crippen LogP contribution in [0.15, 0.2) is 24.3 Å². The third kappa shape index (κ3) is 4.81. The Kier molecular flexibility index (Phi) is 6.36. The van der Waals surface area contributed by atoms with Gasteiger partial charge in [-0.1, -0.05) is 24.3 Å². The summed E-state index contributed by atoms with van der Waals surface area (Å²) in [6.07, 6.45) is 6.27. The molecule has 1 aliphatic carbocycles. The molecular weight excluding hydrogens is 404 g/mol. The van der Waals surface area contributed by atoms with E-state index in [4.69, 9.17) is 9.47 Å². The van der Waals surface area contributed by atoms with E-state index in [0.29, 0.717) is 32.0 Å². The monoisotopic (exact) mass is 436 g/mol. The molecule has 5 rings (SSSR count). The number of amides is 1. The van der Waals surface area contributed by atoms with Gasteiger partial charge in [0.2, 0.25) is 10.0 Å². The van der Waals surface area contributed by atoms with Gasteiger partial charge in [-0.05, 0) is 56.1 Å². The number of nitrogens with zero attached hydrogens (tertiary/aromatic N) is 1. The van der Waals surface area contributed by atoms with E-state index in [-0.39, 0.29) is 24.2 Å². The standard InChI is InChI=1S/C22H32N2O5S/c1-15-13-20(23-30(2,26)27)21-14-29-18-9-7-17(8-10-18)19-6-4-3-5-16(19)11-12-28-22(25)24(15)21/h3-6,15,17-18,20-21,23H,7-14H2,1-2H3/t15-,17?,18?,20+,21+/m1/s1. The summed E-state index contributed by atoms with van der Waals surface area (Å²) in [6.45, 7) is 2.56. The molecule has 1 saturated heterocycles. The highest BCUT2D eigenvalue weighted by Gasteiger charge is 2.44. The van der Waals surface area contributed by atoms with Gasteiger partial charge in [-0.25, -0.2) is 17.9 Å².